The summed E-state index contributed by atoms with van der Waals surface area (Å²) in [6.45, 7) is 2.72. The molecule has 1 aliphatic carbocycles. The quantitative estimate of drug-likeness (QED) is 0.887. The van der Waals surface area contributed by atoms with Crippen LogP contribution in [0.3, 0.4) is 0 Å². The molecule has 1 aromatic carbocycles. The zero-order valence-corrected chi connectivity index (χ0v) is 15.9. The van der Waals surface area contributed by atoms with Crippen LogP contribution in [0, 0.1) is 0 Å². The number of nitrogens with one attached hydrogen (secondary N) is 1. The summed E-state index contributed by atoms with van der Waals surface area (Å²) in [5, 5.41) is 1.09. The maximum Gasteiger partial charge on any atom is 0.255 e. The Labute approximate surface area is 158 Å². The van der Waals surface area contributed by atoms with Gasteiger partial charge in [-0.3, -0.25) is 9.59 Å². The molecule has 142 valence electrons. The minimum Gasteiger partial charge on any atom is -0.497 e. The van der Waals surface area contributed by atoms with Crippen LogP contribution >= 0.6 is 0 Å². The van der Waals surface area contributed by atoms with Crippen LogP contribution in [-0.2, 0) is 21.5 Å². The van der Waals surface area contributed by atoms with E-state index in [1.54, 1.807) is 12.0 Å². The Morgan fingerprint density at radius 2 is 2.00 bits per heavy atom. The van der Waals surface area contributed by atoms with E-state index in [1.807, 2.05) is 30.0 Å². The van der Waals surface area contributed by atoms with Crippen LogP contribution in [0.15, 0.2) is 18.2 Å². The highest BCUT2D eigenvalue weighted by Crippen LogP contribution is 2.43. The standard InChI is InChI=1S/C21H25N3O3/c1-21-19-15(16-11-14(27-2)7-8-17(16)22-19)9-10-24(21)18(25)12-23(20(21)26)13-5-3-4-6-13/h7-8,11,13,22H,3-6,9-10,12H2,1-2H3/t21-/m1/s1. The molecule has 0 unspecified atom stereocenters. The number of ether oxygens (including phenoxy) is 1. The van der Waals surface area contributed by atoms with Gasteiger partial charge in [-0.1, -0.05) is 12.8 Å². The zero-order valence-electron chi connectivity index (χ0n) is 15.9. The summed E-state index contributed by atoms with van der Waals surface area (Å²) < 4.78 is 5.38. The number of carbonyl (C=O) groups excluding carboxylic acids is 2. The summed E-state index contributed by atoms with van der Waals surface area (Å²) in [5.74, 6) is 0.926. The first-order chi connectivity index (χ1) is 13.0. The second-order valence-electron chi connectivity index (χ2n) is 8.13. The Hall–Kier alpha value is -2.50. The second-order valence-corrected chi connectivity index (χ2v) is 8.13. The number of methoxy groups -OCH3 is 1. The number of rotatable bonds is 2. The number of fused-ring (bicyclic) bond motifs is 5. The van der Waals surface area contributed by atoms with Crippen molar-refractivity contribution in [1.29, 1.82) is 0 Å². The van der Waals surface area contributed by atoms with E-state index >= 15 is 0 Å². The molecule has 1 atom stereocenters. The first-order valence-electron chi connectivity index (χ1n) is 9.84. The van der Waals surface area contributed by atoms with Crippen LogP contribution < -0.4 is 4.74 Å². The molecule has 1 saturated carbocycles. The van der Waals surface area contributed by atoms with Crippen molar-refractivity contribution in [2.24, 2.45) is 0 Å². The van der Waals surface area contributed by atoms with Crippen molar-refractivity contribution in [3.8, 4) is 5.75 Å². The number of nitrogens with zero attached hydrogens (tertiary/aromatic N) is 2. The van der Waals surface area contributed by atoms with Gasteiger partial charge in [-0.25, -0.2) is 0 Å². The molecule has 6 heteroatoms. The normalized spacial score (nSPS) is 25.9. The fourth-order valence-electron chi connectivity index (χ4n) is 5.30. The number of benzene rings is 1. The lowest BCUT2D eigenvalue weighted by atomic mass is 9.82. The van der Waals surface area contributed by atoms with E-state index in [2.05, 4.69) is 4.98 Å². The van der Waals surface area contributed by atoms with Crippen molar-refractivity contribution < 1.29 is 14.3 Å². The number of carbonyl (C=O) groups is 2. The Morgan fingerprint density at radius 1 is 1.22 bits per heavy atom. The van der Waals surface area contributed by atoms with Gasteiger partial charge >= 0.3 is 0 Å². The third kappa shape index (κ3) is 2.19. The topological polar surface area (TPSA) is 65.6 Å². The van der Waals surface area contributed by atoms with Crippen LogP contribution in [0.2, 0.25) is 0 Å². The van der Waals surface area contributed by atoms with Gasteiger partial charge < -0.3 is 19.5 Å². The lowest BCUT2D eigenvalue weighted by molar-refractivity contribution is -0.168. The van der Waals surface area contributed by atoms with Gasteiger partial charge in [-0.2, -0.15) is 0 Å². The summed E-state index contributed by atoms with van der Waals surface area (Å²) in [6.07, 6.45) is 5.04. The number of aromatic nitrogens is 1. The van der Waals surface area contributed by atoms with Gasteiger partial charge in [-0.15, -0.1) is 0 Å². The molecule has 3 heterocycles. The molecule has 1 N–H and O–H groups in total. The zero-order chi connectivity index (χ0) is 18.8. The highest BCUT2D eigenvalue weighted by molar-refractivity contribution is 6.01. The van der Waals surface area contributed by atoms with Crippen molar-refractivity contribution >= 4 is 22.7 Å². The van der Waals surface area contributed by atoms with Gasteiger partial charge in [0, 0.05) is 23.5 Å². The van der Waals surface area contributed by atoms with Crippen molar-refractivity contribution in [3.63, 3.8) is 0 Å². The molecular formula is C21H25N3O3. The summed E-state index contributed by atoms with van der Waals surface area (Å²) in [7, 11) is 1.66. The van der Waals surface area contributed by atoms with E-state index in [4.69, 9.17) is 4.74 Å². The maximum atomic E-state index is 13.7. The van der Waals surface area contributed by atoms with Crippen molar-refractivity contribution in [3.05, 3.63) is 29.5 Å². The Kier molecular flexibility index (Phi) is 3.55. The SMILES string of the molecule is COc1ccc2[nH]c3c(c2c1)CCN1C(=O)CN(C2CCCC2)C(=O)[C@@]31C. The maximum absolute atomic E-state index is 13.7. The van der Waals surface area contributed by atoms with Crippen molar-refractivity contribution in [1.82, 2.24) is 14.8 Å². The highest BCUT2D eigenvalue weighted by atomic mass is 16.5. The van der Waals surface area contributed by atoms with Crippen LogP contribution in [0.25, 0.3) is 10.9 Å². The molecular weight excluding hydrogens is 342 g/mol. The van der Waals surface area contributed by atoms with Gasteiger partial charge in [0.2, 0.25) is 5.91 Å². The molecule has 6 nitrogen and oxygen atoms in total. The first kappa shape index (κ1) is 16.7. The fraction of sp³-hybridized carbons (Fsp3) is 0.524. The Bertz CT molecular complexity index is 944. The van der Waals surface area contributed by atoms with Crippen LogP contribution in [0.1, 0.15) is 43.9 Å². The number of amides is 2. The van der Waals surface area contributed by atoms with E-state index in [-0.39, 0.29) is 24.4 Å². The summed E-state index contributed by atoms with van der Waals surface area (Å²) in [5.41, 5.74) is 2.05. The van der Waals surface area contributed by atoms with Crippen LogP contribution in [-0.4, -0.2) is 52.8 Å². The largest absolute Gasteiger partial charge is 0.497 e. The van der Waals surface area contributed by atoms with Gasteiger partial charge in [0.1, 0.15) is 12.3 Å². The van der Waals surface area contributed by atoms with Crippen molar-refractivity contribution in [2.75, 3.05) is 20.2 Å². The first-order valence-corrected chi connectivity index (χ1v) is 9.84. The van der Waals surface area contributed by atoms with Crippen molar-refractivity contribution in [2.45, 2.75) is 50.6 Å². The molecule has 2 amide bonds. The third-order valence-corrected chi connectivity index (χ3v) is 6.77. The monoisotopic (exact) mass is 367 g/mol. The minimum absolute atomic E-state index is 0.0610. The molecule has 2 fully saturated rings. The number of H-pyrrole nitrogens is 1. The number of hydrogen-bond donors (Lipinski definition) is 1. The fourth-order valence-corrected chi connectivity index (χ4v) is 5.30. The Morgan fingerprint density at radius 3 is 2.74 bits per heavy atom. The van der Waals surface area contributed by atoms with E-state index in [9.17, 15) is 9.59 Å². The van der Waals surface area contributed by atoms with Gasteiger partial charge in [0.25, 0.3) is 5.91 Å². The lowest BCUT2D eigenvalue weighted by Crippen LogP contribution is -2.68. The number of hydrogen-bond acceptors (Lipinski definition) is 3. The molecule has 3 aliphatic rings. The van der Waals surface area contributed by atoms with Gasteiger partial charge in [0.05, 0.1) is 12.8 Å². The number of aromatic amines is 1. The predicted molar refractivity (Wildman–Crippen MR) is 102 cm³/mol. The Balaban J connectivity index is 1.65. The molecule has 1 aromatic heterocycles. The lowest BCUT2D eigenvalue weighted by Gasteiger charge is -2.51. The molecule has 0 spiro atoms. The summed E-state index contributed by atoms with van der Waals surface area (Å²) >= 11 is 0. The van der Waals surface area contributed by atoms with E-state index < -0.39 is 5.54 Å². The molecule has 0 radical (unpaired) electrons. The van der Waals surface area contributed by atoms with Gasteiger partial charge in [0.15, 0.2) is 5.54 Å². The molecule has 2 aliphatic heterocycles. The van der Waals surface area contributed by atoms with Crippen LogP contribution in [0.5, 0.6) is 5.75 Å². The number of piperazine rings is 1. The second kappa shape index (κ2) is 5.75. The minimum atomic E-state index is -0.947. The van der Waals surface area contributed by atoms with E-state index in [0.717, 1.165) is 60.0 Å². The predicted octanol–water partition coefficient (Wildman–Crippen LogP) is 2.56. The molecule has 2 aromatic rings. The van der Waals surface area contributed by atoms with Gasteiger partial charge in [-0.05, 0) is 49.9 Å². The highest BCUT2D eigenvalue weighted by Gasteiger charge is 2.55. The molecule has 5 rings (SSSR count). The summed E-state index contributed by atoms with van der Waals surface area (Å²) in [4.78, 5) is 33.7. The molecule has 0 bridgehead atoms. The smallest absolute Gasteiger partial charge is 0.255 e. The average Bonchev–Trinajstić information content (AvgIpc) is 3.32. The average molecular weight is 367 g/mol. The third-order valence-electron chi connectivity index (χ3n) is 6.77. The van der Waals surface area contributed by atoms with E-state index in [0.29, 0.717) is 6.54 Å². The molecule has 27 heavy (non-hydrogen) atoms. The summed E-state index contributed by atoms with van der Waals surface area (Å²) in [6, 6.07) is 6.14. The molecule has 1 saturated heterocycles. The van der Waals surface area contributed by atoms with Crippen LogP contribution in [0.4, 0.5) is 0 Å². The van der Waals surface area contributed by atoms with E-state index in [1.165, 1.54) is 0 Å².